The molecule has 1 N–H and O–H groups in total. The van der Waals surface area contributed by atoms with Gasteiger partial charge in [0.25, 0.3) is 6.43 Å². The van der Waals surface area contributed by atoms with E-state index >= 15 is 0 Å². The number of allylic oxidation sites excluding steroid dienone is 2. The van der Waals surface area contributed by atoms with Crippen LogP contribution in [0.3, 0.4) is 0 Å². The molecule has 118 valence electrons. The molecule has 22 heavy (non-hydrogen) atoms. The number of nitrogens with zero attached hydrogens (tertiary/aromatic N) is 1. The number of hydrogen-bond acceptors (Lipinski definition) is 2. The normalized spacial score (nSPS) is 13.1. The Kier molecular flexibility index (Phi) is 6.03. The van der Waals surface area contributed by atoms with Crippen molar-refractivity contribution < 1.29 is 27.5 Å². The molecule has 3 nitrogen and oxygen atoms in total. The summed E-state index contributed by atoms with van der Waals surface area (Å²) < 4.78 is 53.2. The van der Waals surface area contributed by atoms with Gasteiger partial charge in [0.15, 0.2) is 0 Å². The minimum Gasteiger partial charge on any atom is -0.481 e. The Balaban J connectivity index is 3.54. The summed E-state index contributed by atoms with van der Waals surface area (Å²) in [7, 11) is 1.17. The lowest BCUT2D eigenvalue weighted by atomic mass is 9.95. The van der Waals surface area contributed by atoms with Crippen LogP contribution >= 0.6 is 0 Å². The molecule has 0 spiro atoms. The zero-order valence-corrected chi connectivity index (χ0v) is 11.6. The molecule has 0 aromatic heterocycles. The van der Waals surface area contributed by atoms with Gasteiger partial charge in [0, 0.05) is 24.3 Å². The fraction of sp³-hybridized carbons (Fsp3) is 0.200. The first-order valence-electron chi connectivity index (χ1n) is 6.09. The maximum Gasteiger partial charge on any atom is 0.307 e. The Hall–Kier alpha value is -2.44. The highest BCUT2D eigenvalue weighted by Gasteiger charge is 2.24. The number of halogens is 4. The Morgan fingerprint density at radius 2 is 1.86 bits per heavy atom. The topological polar surface area (TPSA) is 49.7 Å². The summed E-state index contributed by atoms with van der Waals surface area (Å²) in [5.41, 5.74) is -1.58. The molecule has 0 aliphatic rings. The highest BCUT2D eigenvalue weighted by Crippen LogP contribution is 2.24. The Morgan fingerprint density at radius 3 is 2.23 bits per heavy atom. The summed E-state index contributed by atoms with van der Waals surface area (Å²) >= 11 is 0. The first-order valence-corrected chi connectivity index (χ1v) is 6.09. The highest BCUT2D eigenvalue weighted by molar-refractivity contribution is 6.14. The minimum absolute atomic E-state index is 0.208. The summed E-state index contributed by atoms with van der Waals surface area (Å²) in [5, 5.41) is 8.77. The van der Waals surface area contributed by atoms with Crippen molar-refractivity contribution in [2.45, 2.75) is 12.8 Å². The predicted molar refractivity (Wildman–Crippen MR) is 74.3 cm³/mol. The predicted octanol–water partition coefficient (Wildman–Crippen LogP) is 3.61. The quantitative estimate of drug-likeness (QED) is 0.495. The zero-order chi connectivity index (χ0) is 16.9. The van der Waals surface area contributed by atoms with Gasteiger partial charge in [-0.25, -0.2) is 17.6 Å². The van der Waals surface area contributed by atoms with E-state index in [-0.39, 0.29) is 16.8 Å². The van der Waals surface area contributed by atoms with Crippen LogP contribution in [-0.2, 0) is 4.79 Å². The van der Waals surface area contributed by atoms with Gasteiger partial charge in [-0.3, -0.25) is 9.79 Å². The van der Waals surface area contributed by atoms with E-state index in [0.717, 1.165) is 18.2 Å². The average molecular weight is 315 g/mol. The highest BCUT2D eigenvalue weighted by atomic mass is 19.3. The summed E-state index contributed by atoms with van der Waals surface area (Å²) in [5.74, 6) is -3.25. The summed E-state index contributed by atoms with van der Waals surface area (Å²) in [4.78, 5) is 14.4. The third-order valence-corrected chi connectivity index (χ3v) is 2.77. The molecule has 0 saturated heterocycles. The molecule has 7 heteroatoms. The second-order valence-corrected chi connectivity index (χ2v) is 4.24. The Labute approximate surface area is 124 Å². The van der Waals surface area contributed by atoms with E-state index in [0.29, 0.717) is 6.07 Å². The number of aliphatic carboxylic acids is 1. The number of benzene rings is 1. The Morgan fingerprint density at radius 1 is 1.32 bits per heavy atom. The summed E-state index contributed by atoms with van der Waals surface area (Å²) in [6.45, 7) is 3.31. The second kappa shape index (κ2) is 7.53. The average Bonchev–Trinajstić information content (AvgIpc) is 2.40. The number of carboxylic acid groups (broad SMARTS) is 1. The van der Waals surface area contributed by atoms with Gasteiger partial charge in [0.05, 0.1) is 12.1 Å². The fourth-order valence-electron chi connectivity index (χ4n) is 1.93. The molecule has 1 rings (SSSR count). The van der Waals surface area contributed by atoms with Crippen molar-refractivity contribution in [2.75, 3.05) is 7.05 Å². The maximum atomic E-state index is 13.3. The van der Waals surface area contributed by atoms with E-state index < -0.39 is 36.0 Å². The number of carboxylic acids is 1. The molecule has 0 unspecified atom stereocenters. The van der Waals surface area contributed by atoms with Crippen LogP contribution in [0.25, 0.3) is 0 Å². The van der Waals surface area contributed by atoms with E-state index in [9.17, 15) is 22.4 Å². The molecular formula is C15H13F4NO2. The number of rotatable bonds is 6. The molecule has 0 amide bonds. The van der Waals surface area contributed by atoms with Gasteiger partial charge in [0.1, 0.15) is 11.6 Å². The van der Waals surface area contributed by atoms with Gasteiger partial charge < -0.3 is 5.11 Å². The summed E-state index contributed by atoms with van der Waals surface area (Å²) in [6.07, 6.45) is -2.83. The monoisotopic (exact) mass is 315 g/mol. The third-order valence-electron chi connectivity index (χ3n) is 2.77. The molecule has 0 fully saturated rings. The Bertz CT molecular complexity index is 631. The SMILES string of the molecule is C=C/C(CC(=O)O)=C(\C(=NC)c1cc(F)cc(F)c1)C(F)F. The van der Waals surface area contributed by atoms with Crippen molar-refractivity contribution in [3.63, 3.8) is 0 Å². The van der Waals surface area contributed by atoms with Gasteiger partial charge in [-0.1, -0.05) is 12.7 Å². The van der Waals surface area contributed by atoms with Crippen molar-refractivity contribution in [2.24, 2.45) is 4.99 Å². The molecule has 0 saturated carbocycles. The van der Waals surface area contributed by atoms with Gasteiger partial charge in [-0.05, 0) is 17.7 Å². The standard InChI is InChI=1S/C15H13F4NO2/c1-3-8(6-12(21)22)13(15(18)19)14(20-2)9-4-10(16)7-11(17)5-9/h3-5,7,15H,1,6H2,2H3,(H,21,22)/b13-8-,20-14?. The molecular weight excluding hydrogens is 302 g/mol. The first kappa shape index (κ1) is 17.6. The van der Waals surface area contributed by atoms with Gasteiger partial charge in [-0.15, -0.1) is 0 Å². The van der Waals surface area contributed by atoms with Crippen LogP contribution in [0.5, 0.6) is 0 Å². The van der Waals surface area contributed by atoms with Crippen LogP contribution in [0.2, 0.25) is 0 Å². The van der Waals surface area contributed by atoms with Gasteiger partial charge >= 0.3 is 5.97 Å². The van der Waals surface area contributed by atoms with E-state index in [1.54, 1.807) is 0 Å². The maximum absolute atomic E-state index is 13.3. The minimum atomic E-state index is -3.09. The van der Waals surface area contributed by atoms with Crippen LogP contribution < -0.4 is 0 Å². The van der Waals surface area contributed by atoms with Crippen molar-refractivity contribution in [1.82, 2.24) is 0 Å². The molecule has 0 atom stereocenters. The van der Waals surface area contributed by atoms with E-state index in [2.05, 4.69) is 11.6 Å². The lowest BCUT2D eigenvalue weighted by Gasteiger charge is -2.14. The third kappa shape index (κ3) is 4.28. The molecule has 0 radical (unpaired) electrons. The van der Waals surface area contributed by atoms with Crippen LogP contribution in [-0.4, -0.2) is 30.3 Å². The van der Waals surface area contributed by atoms with E-state index in [4.69, 9.17) is 5.11 Å². The van der Waals surface area contributed by atoms with Crippen LogP contribution in [0.4, 0.5) is 17.6 Å². The van der Waals surface area contributed by atoms with Crippen molar-refractivity contribution >= 4 is 11.7 Å². The lowest BCUT2D eigenvalue weighted by Crippen LogP contribution is -2.16. The van der Waals surface area contributed by atoms with E-state index in [1.807, 2.05) is 0 Å². The number of carbonyl (C=O) groups is 1. The first-order chi connectivity index (χ1) is 10.3. The zero-order valence-electron chi connectivity index (χ0n) is 11.6. The second-order valence-electron chi connectivity index (χ2n) is 4.24. The van der Waals surface area contributed by atoms with Crippen molar-refractivity contribution in [3.8, 4) is 0 Å². The van der Waals surface area contributed by atoms with Crippen molar-refractivity contribution in [3.05, 3.63) is 59.2 Å². The van der Waals surface area contributed by atoms with Gasteiger partial charge in [0.2, 0.25) is 0 Å². The van der Waals surface area contributed by atoms with Gasteiger partial charge in [-0.2, -0.15) is 0 Å². The molecule has 0 bridgehead atoms. The number of hydrogen-bond donors (Lipinski definition) is 1. The van der Waals surface area contributed by atoms with E-state index in [1.165, 1.54) is 7.05 Å². The number of aliphatic imine (C=N–C) groups is 1. The number of alkyl halides is 2. The fourth-order valence-corrected chi connectivity index (χ4v) is 1.93. The van der Waals surface area contributed by atoms with Crippen LogP contribution in [0, 0.1) is 11.6 Å². The van der Waals surface area contributed by atoms with Crippen LogP contribution in [0.1, 0.15) is 12.0 Å². The summed E-state index contributed by atoms with van der Waals surface area (Å²) in [6, 6.07) is 2.28. The van der Waals surface area contributed by atoms with Crippen LogP contribution in [0.15, 0.2) is 47.0 Å². The lowest BCUT2D eigenvalue weighted by molar-refractivity contribution is -0.136. The smallest absolute Gasteiger partial charge is 0.307 e. The molecule has 0 aliphatic heterocycles. The molecule has 1 aromatic carbocycles. The molecule has 0 aliphatic carbocycles. The molecule has 0 heterocycles. The largest absolute Gasteiger partial charge is 0.481 e. The molecule has 1 aromatic rings. The van der Waals surface area contributed by atoms with Crippen molar-refractivity contribution in [1.29, 1.82) is 0 Å².